The summed E-state index contributed by atoms with van der Waals surface area (Å²) in [6.45, 7) is 1.59. The minimum atomic E-state index is -1.17. The number of halogens is 1. The van der Waals surface area contributed by atoms with Gasteiger partial charge in [0.1, 0.15) is 11.6 Å². The van der Waals surface area contributed by atoms with Gasteiger partial charge in [0.2, 0.25) is 0 Å². The quantitative estimate of drug-likeness (QED) is 0.902. The van der Waals surface area contributed by atoms with E-state index in [1.54, 1.807) is 6.92 Å². The number of carboxylic acid groups (broad SMARTS) is 1. The first-order chi connectivity index (χ1) is 8.56. The van der Waals surface area contributed by atoms with Gasteiger partial charge >= 0.3 is 12.0 Å². The van der Waals surface area contributed by atoms with Crippen LogP contribution in [0.4, 0.5) is 4.39 Å². The molecule has 18 heavy (non-hydrogen) atoms. The molecule has 0 bridgehead atoms. The van der Waals surface area contributed by atoms with Crippen LogP contribution in [0.2, 0.25) is 0 Å². The summed E-state index contributed by atoms with van der Waals surface area (Å²) in [5.74, 6) is -1.17. The number of aryl methyl sites for hydroxylation is 1. The van der Waals surface area contributed by atoms with Crippen LogP contribution in [0.3, 0.4) is 0 Å². The lowest BCUT2D eigenvalue weighted by Gasteiger charge is -2.05. The molecule has 0 amide bonds. The molecule has 0 unspecified atom stereocenters. The summed E-state index contributed by atoms with van der Waals surface area (Å²) in [5.41, 5.74) is 0.251. The molecule has 5 nitrogen and oxygen atoms in total. The van der Waals surface area contributed by atoms with Crippen molar-refractivity contribution in [2.24, 2.45) is 0 Å². The fourth-order valence-electron chi connectivity index (χ4n) is 1.30. The van der Waals surface area contributed by atoms with E-state index in [0.29, 0.717) is 11.3 Å². The molecule has 2 aromatic rings. The van der Waals surface area contributed by atoms with Crippen LogP contribution in [0.15, 0.2) is 30.5 Å². The van der Waals surface area contributed by atoms with E-state index >= 15 is 0 Å². The number of carbonyl (C=O) groups is 1. The highest BCUT2D eigenvalue weighted by Crippen LogP contribution is 2.20. The maximum Gasteiger partial charge on any atom is 0.354 e. The minimum Gasteiger partial charge on any atom is -0.477 e. The third-order valence-corrected chi connectivity index (χ3v) is 2.19. The van der Waals surface area contributed by atoms with Gasteiger partial charge in [-0.2, -0.15) is 4.98 Å². The third kappa shape index (κ3) is 2.60. The number of carboxylic acids is 1. The Labute approximate surface area is 102 Å². The number of aromatic carboxylic acids is 1. The van der Waals surface area contributed by atoms with Gasteiger partial charge in [-0.3, -0.25) is 0 Å². The van der Waals surface area contributed by atoms with Crippen molar-refractivity contribution in [2.45, 2.75) is 6.92 Å². The van der Waals surface area contributed by atoms with Crippen LogP contribution in [-0.2, 0) is 0 Å². The molecule has 0 fully saturated rings. The van der Waals surface area contributed by atoms with E-state index < -0.39 is 5.97 Å². The molecule has 0 saturated carbocycles. The molecule has 0 aliphatic carbocycles. The van der Waals surface area contributed by atoms with Crippen LogP contribution in [-0.4, -0.2) is 21.0 Å². The Morgan fingerprint density at radius 1 is 1.39 bits per heavy atom. The predicted octanol–water partition coefficient (Wildman–Crippen LogP) is 2.41. The minimum absolute atomic E-state index is 0.0964. The Kier molecular flexibility index (Phi) is 3.18. The van der Waals surface area contributed by atoms with Gasteiger partial charge < -0.3 is 9.84 Å². The van der Waals surface area contributed by atoms with Crippen molar-refractivity contribution in [1.82, 2.24) is 9.97 Å². The smallest absolute Gasteiger partial charge is 0.354 e. The second kappa shape index (κ2) is 4.79. The van der Waals surface area contributed by atoms with Crippen molar-refractivity contribution in [3.05, 3.63) is 47.5 Å². The zero-order valence-electron chi connectivity index (χ0n) is 9.42. The van der Waals surface area contributed by atoms with Crippen molar-refractivity contribution >= 4 is 5.97 Å². The topological polar surface area (TPSA) is 72.3 Å². The van der Waals surface area contributed by atoms with Gasteiger partial charge in [0.05, 0.1) is 0 Å². The lowest BCUT2D eigenvalue weighted by Crippen LogP contribution is -2.02. The first-order valence-electron chi connectivity index (χ1n) is 5.06. The average molecular weight is 248 g/mol. The number of ether oxygens (including phenoxy) is 1. The van der Waals surface area contributed by atoms with E-state index in [-0.39, 0.29) is 17.5 Å². The molecule has 1 aromatic carbocycles. The van der Waals surface area contributed by atoms with Gasteiger partial charge in [-0.15, -0.1) is 0 Å². The van der Waals surface area contributed by atoms with Crippen LogP contribution in [0.25, 0.3) is 0 Å². The lowest BCUT2D eigenvalue weighted by atomic mass is 10.2. The number of hydrogen-bond donors (Lipinski definition) is 1. The fraction of sp³-hybridized carbons (Fsp3) is 0.0833. The fourth-order valence-corrected chi connectivity index (χ4v) is 1.30. The Morgan fingerprint density at radius 3 is 2.83 bits per heavy atom. The summed E-state index contributed by atoms with van der Waals surface area (Å²) in [6.07, 6.45) is 1.28. The van der Waals surface area contributed by atoms with E-state index in [2.05, 4.69) is 9.97 Å². The standard InChI is InChI=1S/C12H9FN2O3/c1-7-6-8(2-3-9(7)13)18-12-14-5-4-10(15-12)11(16)17/h2-6H,1H3,(H,16,17). The van der Waals surface area contributed by atoms with E-state index in [4.69, 9.17) is 9.84 Å². The summed E-state index contributed by atoms with van der Waals surface area (Å²) in [7, 11) is 0. The normalized spacial score (nSPS) is 10.1. The van der Waals surface area contributed by atoms with E-state index in [9.17, 15) is 9.18 Å². The van der Waals surface area contributed by atoms with Crippen molar-refractivity contribution in [2.75, 3.05) is 0 Å². The second-order valence-electron chi connectivity index (χ2n) is 3.54. The molecule has 0 atom stereocenters. The van der Waals surface area contributed by atoms with Crippen LogP contribution in [0, 0.1) is 12.7 Å². The summed E-state index contributed by atoms with van der Waals surface area (Å²) in [6, 6.07) is 5.31. The maximum absolute atomic E-state index is 13.0. The SMILES string of the molecule is Cc1cc(Oc2nccc(C(=O)O)n2)ccc1F. The number of hydrogen-bond acceptors (Lipinski definition) is 4. The van der Waals surface area contributed by atoms with Crippen LogP contribution in [0.1, 0.15) is 16.1 Å². The first-order valence-corrected chi connectivity index (χ1v) is 5.06. The number of aromatic nitrogens is 2. The monoisotopic (exact) mass is 248 g/mol. The number of nitrogens with zero attached hydrogens (tertiary/aromatic N) is 2. The van der Waals surface area contributed by atoms with Crippen LogP contribution >= 0.6 is 0 Å². The van der Waals surface area contributed by atoms with Gasteiger partial charge in [-0.25, -0.2) is 14.2 Å². The molecule has 0 spiro atoms. The molecule has 92 valence electrons. The second-order valence-corrected chi connectivity index (χ2v) is 3.54. The number of benzene rings is 1. The van der Waals surface area contributed by atoms with Crippen LogP contribution < -0.4 is 4.74 Å². The highest BCUT2D eigenvalue weighted by Gasteiger charge is 2.08. The molecule has 0 saturated heterocycles. The number of rotatable bonds is 3. The van der Waals surface area contributed by atoms with E-state index in [0.717, 1.165) is 0 Å². The first kappa shape index (κ1) is 12.0. The summed E-state index contributed by atoms with van der Waals surface area (Å²) < 4.78 is 18.3. The Bertz CT molecular complexity index is 602. The third-order valence-electron chi connectivity index (χ3n) is 2.19. The van der Waals surface area contributed by atoms with Gasteiger partial charge in [-0.1, -0.05) is 0 Å². The molecule has 0 aliphatic rings. The van der Waals surface area contributed by atoms with Crippen molar-refractivity contribution in [3.63, 3.8) is 0 Å². The Hall–Kier alpha value is -2.50. The lowest BCUT2D eigenvalue weighted by molar-refractivity contribution is 0.0689. The highest BCUT2D eigenvalue weighted by atomic mass is 19.1. The molecule has 1 aromatic heterocycles. The summed E-state index contributed by atoms with van der Waals surface area (Å²) in [4.78, 5) is 18.2. The molecule has 1 heterocycles. The van der Waals surface area contributed by atoms with E-state index in [1.807, 2.05) is 0 Å². The van der Waals surface area contributed by atoms with Gasteiger partial charge in [0, 0.05) is 6.20 Å². The molecular weight excluding hydrogens is 239 g/mol. The van der Waals surface area contributed by atoms with Crippen molar-refractivity contribution in [1.29, 1.82) is 0 Å². The molecule has 0 aliphatic heterocycles. The largest absolute Gasteiger partial charge is 0.477 e. The Morgan fingerprint density at radius 2 is 2.17 bits per heavy atom. The van der Waals surface area contributed by atoms with Gasteiger partial charge in [-0.05, 0) is 36.8 Å². The molecule has 1 N–H and O–H groups in total. The zero-order valence-corrected chi connectivity index (χ0v) is 9.42. The van der Waals surface area contributed by atoms with Crippen LogP contribution in [0.5, 0.6) is 11.8 Å². The summed E-state index contributed by atoms with van der Waals surface area (Å²) in [5, 5.41) is 8.76. The summed E-state index contributed by atoms with van der Waals surface area (Å²) >= 11 is 0. The van der Waals surface area contributed by atoms with Gasteiger partial charge in [0.15, 0.2) is 5.69 Å². The van der Waals surface area contributed by atoms with Gasteiger partial charge in [0.25, 0.3) is 0 Å². The molecular formula is C12H9FN2O3. The predicted molar refractivity (Wildman–Crippen MR) is 60.2 cm³/mol. The zero-order chi connectivity index (χ0) is 13.1. The average Bonchev–Trinajstić information content (AvgIpc) is 2.34. The van der Waals surface area contributed by atoms with E-state index in [1.165, 1.54) is 30.5 Å². The van der Waals surface area contributed by atoms with Crippen molar-refractivity contribution in [3.8, 4) is 11.8 Å². The molecule has 2 rings (SSSR count). The van der Waals surface area contributed by atoms with Crippen molar-refractivity contribution < 1.29 is 19.0 Å². The molecule has 0 radical (unpaired) electrons. The Balaban J connectivity index is 2.25. The maximum atomic E-state index is 13.0. The highest BCUT2D eigenvalue weighted by molar-refractivity contribution is 5.85. The molecule has 6 heteroatoms.